The van der Waals surface area contributed by atoms with Gasteiger partial charge in [0.15, 0.2) is 0 Å². The van der Waals surface area contributed by atoms with Crippen LogP contribution < -0.4 is 0 Å². The molecule has 6 heteroatoms. The molecule has 1 aromatic heterocycles. The molecule has 2 heterocycles. The first-order valence-corrected chi connectivity index (χ1v) is 10.1. The summed E-state index contributed by atoms with van der Waals surface area (Å²) in [7, 11) is 0. The molecule has 2 aromatic carbocycles. The van der Waals surface area contributed by atoms with E-state index in [1.54, 1.807) is 11.1 Å². The summed E-state index contributed by atoms with van der Waals surface area (Å²) in [5.74, 6) is -1.28. The van der Waals surface area contributed by atoms with Crippen molar-refractivity contribution in [1.29, 1.82) is 0 Å². The van der Waals surface area contributed by atoms with E-state index in [1.165, 1.54) is 11.6 Å². The summed E-state index contributed by atoms with van der Waals surface area (Å²) in [5, 5.41) is 0. The average Bonchev–Trinajstić information content (AvgIpc) is 3.07. The van der Waals surface area contributed by atoms with E-state index in [4.69, 9.17) is 0 Å². The van der Waals surface area contributed by atoms with Crippen LogP contribution in [0.25, 0.3) is 0 Å². The van der Waals surface area contributed by atoms with E-state index in [1.807, 2.05) is 22.9 Å². The fourth-order valence-corrected chi connectivity index (χ4v) is 3.97. The van der Waals surface area contributed by atoms with Crippen LogP contribution in [-0.2, 0) is 12.0 Å². The second-order valence-electron chi connectivity index (χ2n) is 8.73. The van der Waals surface area contributed by atoms with E-state index in [0.717, 1.165) is 30.1 Å². The third-order valence-corrected chi connectivity index (χ3v) is 5.62. The fraction of sp³-hybridized carbons (Fsp3) is 0.333. The molecule has 3 aromatic rings. The van der Waals surface area contributed by atoms with E-state index in [9.17, 15) is 13.6 Å². The highest BCUT2D eigenvalue weighted by Crippen LogP contribution is 2.33. The summed E-state index contributed by atoms with van der Waals surface area (Å²) in [6.45, 7) is 7.61. The summed E-state index contributed by atoms with van der Waals surface area (Å²) >= 11 is 0. The summed E-state index contributed by atoms with van der Waals surface area (Å²) in [5.41, 5.74) is 1.97. The molecule has 0 aliphatic carbocycles. The standard InChI is InChI=1S/C24H25F2N3O/c1-24(2,3)17-7-5-16(6-8-17)21-22-27-11-14-28(22)12-4-13-29(21)23(30)19-10-9-18(25)15-20(19)26/h5-11,14-15,21H,4,12-13H2,1-3H3. The van der Waals surface area contributed by atoms with Crippen LogP contribution >= 0.6 is 0 Å². The second-order valence-corrected chi connectivity index (χ2v) is 8.73. The Labute approximate surface area is 175 Å². The maximum absolute atomic E-state index is 14.4. The molecule has 1 unspecified atom stereocenters. The van der Waals surface area contributed by atoms with Crippen molar-refractivity contribution in [2.24, 2.45) is 0 Å². The molecule has 0 saturated heterocycles. The smallest absolute Gasteiger partial charge is 0.257 e. The molecule has 4 rings (SSSR count). The summed E-state index contributed by atoms with van der Waals surface area (Å²) < 4.78 is 29.8. The van der Waals surface area contributed by atoms with Crippen molar-refractivity contribution in [3.05, 3.63) is 89.0 Å². The predicted octanol–water partition coefficient (Wildman–Crippen LogP) is 5.09. The van der Waals surface area contributed by atoms with Crippen molar-refractivity contribution in [2.75, 3.05) is 6.54 Å². The summed E-state index contributed by atoms with van der Waals surface area (Å²) in [4.78, 5) is 19.5. The van der Waals surface area contributed by atoms with Crippen LogP contribution in [0.3, 0.4) is 0 Å². The Balaban J connectivity index is 1.79. The molecule has 0 saturated carbocycles. The van der Waals surface area contributed by atoms with Gasteiger partial charge in [-0.3, -0.25) is 4.79 Å². The molecule has 0 radical (unpaired) electrons. The Morgan fingerprint density at radius 2 is 1.80 bits per heavy atom. The molecule has 30 heavy (non-hydrogen) atoms. The second kappa shape index (κ2) is 7.67. The van der Waals surface area contributed by atoms with Gasteiger partial charge in [-0.1, -0.05) is 45.0 Å². The van der Waals surface area contributed by atoms with Crippen LogP contribution in [0, 0.1) is 11.6 Å². The molecule has 1 aliphatic heterocycles. The topological polar surface area (TPSA) is 38.1 Å². The lowest BCUT2D eigenvalue weighted by molar-refractivity contribution is 0.0702. The first-order valence-electron chi connectivity index (χ1n) is 10.1. The molecular weight excluding hydrogens is 384 g/mol. The third-order valence-electron chi connectivity index (χ3n) is 5.62. The predicted molar refractivity (Wildman–Crippen MR) is 111 cm³/mol. The van der Waals surface area contributed by atoms with Gasteiger partial charge < -0.3 is 9.47 Å². The third kappa shape index (κ3) is 3.74. The van der Waals surface area contributed by atoms with Gasteiger partial charge in [0.05, 0.1) is 5.56 Å². The number of hydrogen-bond acceptors (Lipinski definition) is 2. The van der Waals surface area contributed by atoms with Gasteiger partial charge in [0.2, 0.25) is 0 Å². The quantitative estimate of drug-likeness (QED) is 0.591. The van der Waals surface area contributed by atoms with Crippen LogP contribution in [-0.4, -0.2) is 26.9 Å². The SMILES string of the molecule is CC(C)(C)c1ccc(C2c3nccn3CCCN2C(=O)c2ccc(F)cc2F)cc1. The normalized spacial score (nSPS) is 16.8. The molecule has 0 spiro atoms. The monoisotopic (exact) mass is 409 g/mol. The maximum Gasteiger partial charge on any atom is 0.257 e. The summed E-state index contributed by atoms with van der Waals surface area (Å²) in [6, 6.07) is 10.8. The van der Waals surface area contributed by atoms with Gasteiger partial charge in [0.1, 0.15) is 23.5 Å². The number of halogens is 2. The van der Waals surface area contributed by atoms with Crippen molar-refractivity contribution < 1.29 is 13.6 Å². The minimum Gasteiger partial charge on any atom is -0.333 e. The Morgan fingerprint density at radius 1 is 1.07 bits per heavy atom. The first-order chi connectivity index (χ1) is 14.3. The zero-order chi connectivity index (χ0) is 21.5. The average molecular weight is 409 g/mol. The molecule has 1 aliphatic rings. The van der Waals surface area contributed by atoms with Gasteiger partial charge in [-0.05, 0) is 35.1 Å². The molecule has 1 amide bonds. The Bertz CT molecular complexity index is 1070. The zero-order valence-electron chi connectivity index (χ0n) is 17.4. The van der Waals surface area contributed by atoms with E-state index in [2.05, 4.69) is 37.9 Å². The lowest BCUT2D eigenvalue weighted by Gasteiger charge is -2.30. The molecule has 0 N–H and O–H groups in total. The van der Waals surface area contributed by atoms with Crippen molar-refractivity contribution >= 4 is 5.91 Å². The van der Waals surface area contributed by atoms with Gasteiger partial charge in [0, 0.05) is 31.5 Å². The highest BCUT2D eigenvalue weighted by molar-refractivity contribution is 5.95. The fourth-order valence-electron chi connectivity index (χ4n) is 3.97. The maximum atomic E-state index is 14.4. The van der Waals surface area contributed by atoms with Crippen molar-refractivity contribution in [3.8, 4) is 0 Å². The van der Waals surface area contributed by atoms with E-state index >= 15 is 0 Å². The van der Waals surface area contributed by atoms with Crippen molar-refractivity contribution in [2.45, 2.75) is 45.2 Å². The van der Waals surface area contributed by atoms with Gasteiger partial charge in [-0.2, -0.15) is 0 Å². The van der Waals surface area contributed by atoms with Crippen LogP contribution in [0.1, 0.15) is 60.5 Å². The van der Waals surface area contributed by atoms with E-state index in [0.29, 0.717) is 13.0 Å². The number of imidazole rings is 1. The van der Waals surface area contributed by atoms with Crippen LogP contribution in [0.2, 0.25) is 0 Å². The highest BCUT2D eigenvalue weighted by atomic mass is 19.1. The number of amides is 1. The van der Waals surface area contributed by atoms with Crippen LogP contribution in [0.15, 0.2) is 54.9 Å². The molecule has 4 nitrogen and oxygen atoms in total. The van der Waals surface area contributed by atoms with Crippen molar-refractivity contribution in [1.82, 2.24) is 14.5 Å². The number of carbonyl (C=O) groups excluding carboxylic acids is 1. The number of aromatic nitrogens is 2. The number of benzene rings is 2. The number of hydrogen-bond donors (Lipinski definition) is 0. The van der Waals surface area contributed by atoms with Gasteiger partial charge in [0.25, 0.3) is 5.91 Å². The number of fused-ring (bicyclic) bond motifs is 1. The Hall–Kier alpha value is -3.02. The first kappa shape index (κ1) is 20.3. The molecule has 1 atom stereocenters. The molecule has 156 valence electrons. The lowest BCUT2D eigenvalue weighted by Crippen LogP contribution is -2.36. The Morgan fingerprint density at radius 3 is 2.47 bits per heavy atom. The molecular formula is C24H25F2N3O. The molecule has 0 bridgehead atoms. The molecule has 0 fully saturated rings. The lowest BCUT2D eigenvalue weighted by atomic mass is 9.86. The zero-order valence-corrected chi connectivity index (χ0v) is 17.4. The van der Waals surface area contributed by atoms with Gasteiger partial charge in [-0.15, -0.1) is 0 Å². The number of rotatable bonds is 2. The van der Waals surface area contributed by atoms with E-state index < -0.39 is 23.6 Å². The Kier molecular flexibility index (Phi) is 5.18. The minimum atomic E-state index is -0.852. The highest BCUT2D eigenvalue weighted by Gasteiger charge is 2.33. The van der Waals surface area contributed by atoms with Crippen molar-refractivity contribution in [3.63, 3.8) is 0 Å². The van der Waals surface area contributed by atoms with E-state index in [-0.39, 0.29) is 11.0 Å². The number of aryl methyl sites for hydroxylation is 1. The number of carbonyl (C=O) groups is 1. The number of nitrogens with zero attached hydrogens (tertiary/aromatic N) is 3. The van der Waals surface area contributed by atoms with Gasteiger partial charge >= 0.3 is 0 Å². The minimum absolute atomic E-state index is 0.00714. The van der Waals surface area contributed by atoms with Gasteiger partial charge in [-0.25, -0.2) is 13.8 Å². The largest absolute Gasteiger partial charge is 0.333 e. The van der Waals surface area contributed by atoms with Crippen LogP contribution in [0.5, 0.6) is 0 Å². The summed E-state index contributed by atoms with van der Waals surface area (Å²) in [6.07, 6.45) is 4.34. The van der Waals surface area contributed by atoms with Crippen LogP contribution in [0.4, 0.5) is 8.78 Å².